The summed E-state index contributed by atoms with van der Waals surface area (Å²) in [5.41, 5.74) is 5.35. The Balaban J connectivity index is 1.89. The van der Waals surface area contributed by atoms with E-state index in [1.165, 1.54) is 23.0 Å². The lowest BCUT2D eigenvalue weighted by Crippen LogP contribution is -2.41. The lowest BCUT2D eigenvalue weighted by molar-refractivity contribution is -0.141. The largest absolute Gasteiger partial charge is 0.383 e. The Bertz CT molecular complexity index is 940. The third-order valence-electron chi connectivity index (χ3n) is 5.53. The van der Waals surface area contributed by atoms with Gasteiger partial charge in [0.05, 0.1) is 18.4 Å². The molecule has 0 saturated carbocycles. The summed E-state index contributed by atoms with van der Waals surface area (Å²) in [4.78, 5) is 26.7. The molecule has 2 aromatic rings. The maximum Gasteiger partial charge on any atom is 0.262 e. The van der Waals surface area contributed by atoms with Crippen molar-refractivity contribution in [1.29, 1.82) is 0 Å². The minimum absolute atomic E-state index is 0.0221. The van der Waals surface area contributed by atoms with Gasteiger partial charge in [0.25, 0.3) is 5.91 Å². The van der Waals surface area contributed by atoms with Crippen LogP contribution in [0.3, 0.4) is 0 Å². The summed E-state index contributed by atoms with van der Waals surface area (Å²) < 4.78 is 5.07. The molecular weight excluding hydrogens is 378 g/mol. The number of benzene rings is 2. The van der Waals surface area contributed by atoms with Gasteiger partial charge in [-0.3, -0.25) is 9.59 Å². The second kappa shape index (κ2) is 9.67. The van der Waals surface area contributed by atoms with Crippen LogP contribution in [0.5, 0.6) is 0 Å². The minimum atomic E-state index is -0.200. The summed E-state index contributed by atoms with van der Waals surface area (Å²) in [6.07, 6.45) is 0.635. The number of methoxy groups -OCH3 is 1. The molecule has 0 bridgehead atoms. The molecule has 0 aromatic heterocycles. The highest BCUT2D eigenvalue weighted by molar-refractivity contribution is 6.03. The van der Waals surface area contributed by atoms with E-state index < -0.39 is 0 Å². The van der Waals surface area contributed by atoms with Crippen molar-refractivity contribution in [3.63, 3.8) is 0 Å². The number of hydrazone groups is 1. The van der Waals surface area contributed by atoms with Crippen LogP contribution in [0, 0.1) is 13.8 Å². The Morgan fingerprint density at radius 3 is 2.50 bits per heavy atom. The Morgan fingerprint density at radius 1 is 1.13 bits per heavy atom. The molecule has 1 atom stereocenters. The van der Waals surface area contributed by atoms with Crippen molar-refractivity contribution in [3.8, 4) is 0 Å². The Labute approximate surface area is 178 Å². The van der Waals surface area contributed by atoms with Crippen LogP contribution in [0.4, 0.5) is 0 Å². The first-order chi connectivity index (χ1) is 14.4. The van der Waals surface area contributed by atoms with Crippen LogP contribution in [-0.4, -0.2) is 54.2 Å². The van der Waals surface area contributed by atoms with Gasteiger partial charge in [-0.05, 0) is 42.2 Å². The summed E-state index contributed by atoms with van der Waals surface area (Å²) in [7, 11) is 1.58. The highest BCUT2D eigenvalue weighted by Gasteiger charge is 2.34. The van der Waals surface area contributed by atoms with Gasteiger partial charge in [-0.1, -0.05) is 42.5 Å². The third-order valence-corrected chi connectivity index (χ3v) is 5.53. The zero-order valence-electron chi connectivity index (χ0n) is 18.1. The SMILES string of the molecule is COCCN(CC(=O)N1N=C(c2ccc(C)c(C)c2)CC1c1ccccc1)C(C)=O. The summed E-state index contributed by atoms with van der Waals surface area (Å²) in [5, 5.41) is 6.25. The summed E-state index contributed by atoms with van der Waals surface area (Å²) >= 11 is 0. The molecule has 0 spiro atoms. The molecule has 158 valence electrons. The van der Waals surface area contributed by atoms with E-state index in [0.717, 1.165) is 16.8 Å². The number of aryl methyl sites for hydroxylation is 2. The van der Waals surface area contributed by atoms with Crippen LogP contribution in [-0.2, 0) is 14.3 Å². The molecule has 0 fully saturated rings. The standard InChI is InChI=1S/C24H29N3O3/c1-17-10-11-21(14-18(17)2)22-15-23(20-8-6-5-7-9-20)27(25-22)24(29)16-26(19(3)28)12-13-30-4/h5-11,14,23H,12-13,15-16H2,1-4H3. The summed E-state index contributed by atoms with van der Waals surface area (Å²) in [6, 6.07) is 16.0. The Hall–Kier alpha value is -2.99. The lowest BCUT2D eigenvalue weighted by Gasteiger charge is -2.26. The molecule has 0 aliphatic carbocycles. The van der Waals surface area contributed by atoms with Crippen molar-refractivity contribution in [3.05, 3.63) is 70.8 Å². The summed E-state index contributed by atoms with van der Waals surface area (Å²) in [5.74, 6) is -0.358. The van der Waals surface area contributed by atoms with Crippen molar-refractivity contribution in [1.82, 2.24) is 9.91 Å². The third kappa shape index (κ3) is 4.94. The van der Waals surface area contributed by atoms with Gasteiger partial charge in [0, 0.05) is 27.0 Å². The quantitative estimate of drug-likeness (QED) is 0.706. The predicted octanol–water partition coefficient (Wildman–Crippen LogP) is 3.48. The average molecular weight is 408 g/mol. The fraction of sp³-hybridized carbons (Fsp3) is 0.375. The molecule has 1 aliphatic rings. The number of carbonyl (C=O) groups excluding carboxylic acids is 2. The van der Waals surface area contributed by atoms with Crippen molar-refractivity contribution >= 4 is 17.5 Å². The topological polar surface area (TPSA) is 62.2 Å². The van der Waals surface area contributed by atoms with E-state index in [9.17, 15) is 9.59 Å². The second-order valence-electron chi connectivity index (χ2n) is 7.65. The predicted molar refractivity (Wildman–Crippen MR) is 117 cm³/mol. The molecule has 1 heterocycles. The molecule has 30 heavy (non-hydrogen) atoms. The van der Waals surface area contributed by atoms with Gasteiger partial charge >= 0.3 is 0 Å². The van der Waals surface area contributed by atoms with Gasteiger partial charge in [-0.2, -0.15) is 5.10 Å². The molecule has 1 aliphatic heterocycles. The van der Waals surface area contributed by atoms with Crippen LogP contribution in [0.2, 0.25) is 0 Å². The maximum atomic E-state index is 13.2. The molecule has 3 rings (SSSR count). The second-order valence-corrected chi connectivity index (χ2v) is 7.65. The van der Waals surface area contributed by atoms with Crippen molar-refractivity contribution in [2.24, 2.45) is 5.10 Å². The van der Waals surface area contributed by atoms with E-state index >= 15 is 0 Å². The number of ether oxygens (including phenoxy) is 1. The number of hydrogen-bond acceptors (Lipinski definition) is 4. The molecule has 2 aromatic carbocycles. The normalized spacial score (nSPS) is 15.8. The van der Waals surface area contributed by atoms with Gasteiger partial charge < -0.3 is 9.64 Å². The fourth-order valence-corrected chi connectivity index (χ4v) is 3.56. The van der Waals surface area contributed by atoms with E-state index in [1.54, 1.807) is 12.1 Å². The van der Waals surface area contributed by atoms with Gasteiger partial charge in [0.2, 0.25) is 5.91 Å². The van der Waals surface area contributed by atoms with Gasteiger partial charge in [-0.25, -0.2) is 5.01 Å². The number of nitrogens with zero attached hydrogens (tertiary/aromatic N) is 3. The van der Waals surface area contributed by atoms with Gasteiger partial charge in [-0.15, -0.1) is 0 Å². The number of rotatable bonds is 7. The highest BCUT2D eigenvalue weighted by Crippen LogP contribution is 2.33. The van der Waals surface area contributed by atoms with Crippen LogP contribution in [0.1, 0.15) is 41.6 Å². The van der Waals surface area contributed by atoms with Crippen molar-refractivity contribution in [2.75, 3.05) is 26.8 Å². The first-order valence-corrected chi connectivity index (χ1v) is 10.2. The van der Waals surface area contributed by atoms with Crippen LogP contribution >= 0.6 is 0 Å². The smallest absolute Gasteiger partial charge is 0.262 e. The first-order valence-electron chi connectivity index (χ1n) is 10.2. The zero-order chi connectivity index (χ0) is 21.7. The molecule has 0 radical (unpaired) electrons. The summed E-state index contributed by atoms with van der Waals surface area (Å²) in [6.45, 7) is 6.35. The molecule has 2 amide bonds. The number of amides is 2. The monoisotopic (exact) mass is 407 g/mol. The van der Waals surface area contributed by atoms with E-state index in [4.69, 9.17) is 9.84 Å². The van der Waals surface area contributed by atoms with E-state index in [0.29, 0.717) is 19.6 Å². The van der Waals surface area contributed by atoms with E-state index in [1.807, 2.05) is 30.3 Å². The van der Waals surface area contributed by atoms with Gasteiger partial charge in [0.1, 0.15) is 6.54 Å². The lowest BCUT2D eigenvalue weighted by atomic mass is 9.96. The Morgan fingerprint density at radius 2 is 1.87 bits per heavy atom. The molecule has 6 heteroatoms. The molecule has 6 nitrogen and oxygen atoms in total. The van der Waals surface area contributed by atoms with E-state index in [-0.39, 0.29) is 24.4 Å². The minimum Gasteiger partial charge on any atom is -0.383 e. The van der Waals surface area contributed by atoms with Crippen LogP contribution in [0.15, 0.2) is 53.6 Å². The maximum absolute atomic E-state index is 13.2. The highest BCUT2D eigenvalue weighted by atomic mass is 16.5. The van der Waals surface area contributed by atoms with E-state index in [2.05, 4.69) is 32.0 Å². The van der Waals surface area contributed by atoms with Crippen molar-refractivity contribution in [2.45, 2.75) is 33.2 Å². The molecule has 0 saturated heterocycles. The van der Waals surface area contributed by atoms with Crippen LogP contribution < -0.4 is 0 Å². The number of hydrogen-bond donors (Lipinski definition) is 0. The first kappa shape index (κ1) is 21.7. The van der Waals surface area contributed by atoms with Crippen molar-refractivity contribution < 1.29 is 14.3 Å². The molecule has 0 N–H and O–H groups in total. The zero-order valence-corrected chi connectivity index (χ0v) is 18.1. The molecule has 1 unspecified atom stereocenters. The Kier molecular flexibility index (Phi) is 7.00. The van der Waals surface area contributed by atoms with Gasteiger partial charge in [0.15, 0.2) is 0 Å². The fourth-order valence-electron chi connectivity index (χ4n) is 3.56. The number of carbonyl (C=O) groups is 2. The molecular formula is C24H29N3O3. The average Bonchev–Trinajstić information content (AvgIpc) is 3.19. The van der Waals surface area contributed by atoms with Crippen LogP contribution in [0.25, 0.3) is 0 Å².